The standard InChI is InChI=1S/C28H40F2O.C27H38F2O.C26H36F2O/c1-3-5-7-21-8-13-23(14-9-21)24-15-10-22(11-16-24)12-17-25-18-19-26(28(30)27(25)29)31-20-6-4-2;1-3-5-19-30-25-18-17-24(26(28)27(25)29)16-11-21-9-14-23(15-10-21)22-12-7-20(6-4-2)8-13-22;1-3-5-18-29-24-17-16-23(25(27)26(24)28)15-10-20-8-13-22(14-9-20)21-11-6-19(4-2)7-12-21/h18-19,21-24H,3-11,13-16,20H2,1-2H3;17-18,20-23H,3-10,12-15,19H2,1-2H3;16-17,19-22H,3-9,11-14,18H2,1-2H3/t21-,22-,23-,24-;20-,21-,22-,23-;19-,20-,21-,22-. The molecule has 0 amide bonds. The van der Waals surface area contributed by atoms with E-state index in [9.17, 15) is 26.3 Å². The molecule has 498 valence electrons. The van der Waals surface area contributed by atoms with Crippen molar-refractivity contribution >= 4 is 0 Å². The minimum Gasteiger partial charge on any atom is -0.490 e. The highest BCUT2D eigenvalue weighted by molar-refractivity contribution is 5.43. The molecule has 9 rings (SSSR count). The van der Waals surface area contributed by atoms with Crippen LogP contribution in [0.4, 0.5) is 26.3 Å². The first-order valence-electron chi connectivity index (χ1n) is 36.7. The topological polar surface area (TPSA) is 27.7 Å². The number of halogens is 6. The SMILES string of the molecule is CCCCOc1ccc(C#C[C@H]2CC[C@H]([C@H]3CC[C@H](CC)CC3)CC2)c(F)c1F.CCCCOc1ccc(C#C[C@H]2CC[C@H]([C@H]3CC[C@H](CCC)CC3)CC2)c(F)c1F.CCCCOc1ccc(C#C[C@H]2CC[C@H]([C@H]3CC[C@H](CCCC)CC3)CC2)c(F)c1F. The first-order valence-corrected chi connectivity index (χ1v) is 36.7. The highest BCUT2D eigenvalue weighted by Gasteiger charge is 2.33. The maximum absolute atomic E-state index is 14.4. The summed E-state index contributed by atoms with van der Waals surface area (Å²) in [6.07, 6.45) is 44.4. The van der Waals surface area contributed by atoms with Gasteiger partial charge < -0.3 is 14.2 Å². The van der Waals surface area contributed by atoms with Crippen LogP contribution in [0.5, 0.6) is 17.2 Å². The van der Waals surface area contributed by atoms with Crippen LogP contribution in [0, 0.1) is 141 Å². The molecule has 0 N–H and O–H groups in total. The van der Waals surface area contributed by atoms with E-state index in [1.807, 2.05) is 20.8 Å². The van der Waals surface area contributed by atoms with E-state index in [1.54, 1.807) is 18.2 Å². The molecular formula is C81H114F6O3. The molecule has 0 spiro atoms. The number of hydrogen-bond acceptors (Lipinski definition) is 3. The van der Waals surface area contributed by atoms with Crippen LogP contribution in [-0.4, -0.2) is 19.8 Å². The second kappa shape index (κ2) is 39.8. The summed E-state index contributed by atoms with van der Waals surface area (Å²) in [5.41, 5.74) is 0.435. The summed E-state index contributed by atoms with van der Waals surface area (Å²) in [4.78, 5) is 0. The van der Waals surface area contributed by atoms with Crippen LogP contribution in [-0.2, 0) is 0 Å². The van der Waals surface area contributed by atoms with Gasteiger partial charge in [-0.15, -0.1) is 0 Å². The lowest BCUT2D eigenvalue weighted by molar-refractivity contribution is 0.153. The Labute approximate surface area is 542 Å². The van der Waals surface area contributed by atoms with Crippen molar-refractivity contribution in [2.45, 2.75) is 273 Å². The van der Waals surface area contributed by atoms with Gasteiger partial charge in [0.05, 0.1) is 36.5 Å². The van der Waals surface area contributed by atoms with E-state index >= 15 is 0 Å². The van der Waals surface area contributed by atoms with E-state index < -0.39 is 34.9 Å². The molecule has 9 heteroatoms. The molecule has 3 aromatic rings. The Morgan fingerprint density at radius 2 is 0.567 bits per heavy atom. The van der Waals surface area contributed by atoms with Gasteiger partial charge in [0.1, 0.15) is 0 Å². The van der Waals surface area contributed by atoms with Gasteiger partial charge in [-0.1, -0.05) is 173 Å². The van der Waals surface area contributed by atoms with Crippen molar-refractivity contribution in [3.63, 3.8) is 0 Å². The Hall–Kier alpha value is -4.68. The Bertz CT molecular complexity index is 2750. The van der Waals surface area contributed by atoms with E-state index in [2.05, 4.69) is 56.3 Å². The summed E-state index contributed by atoms with van der Waals surface area (Å²) in [5, 5.41) is 0. The van der Waals surface area contributed by atoms with E-state index in [0.717, 1.165) is 130 Å². The van der Waals surface area contributed by atoms with E-state index in [-0.39, 0.29) is 33.9 Å². The fourth-order valence-corrected chi connectivity index (χ4v) is 15.8. The molecule has 0 bridgehead atoms. The molecule has 0 heterocycles. The van der Waals surface area contributed by atoms with Gasteiger partial charge in [-0.05, 0) is 224 Å². The lowest BCUT2D eigenvalue weighted by Crippen LogP contribution is -2.25. The zero-order valence-electron chi connectivity index (χ0n) is 56.5. The van der Waals surface area contributed by atoms with E-state index in [1.165, 1.54) is 172 Å². The highest BCUT2D eigenvalue weighted by atomic mass is 19.2. The minimum atomic E-state index is -0.917. The van der Waals surface area contributed by atoms with Crippen molar-refractivity contribution < 1.29 is 40.6 Å². The monoisotopic (exact) mass is 1250 g/mol. The van der Waals surface area contributed by atoms with Crippen LogP contribution in [0.2, 0.25) is 0 Å². The summed E-state index contributed by atoms with van der Waals surface area (Å²) in [7, 11) is 0. The van der Waals surface area contributed by atoms with Crippen molar-refractivity contribution in [3.8, 4) is 52.8 Å². The lowest BCUT2D eigenvalue weighted by Gasteiger charge is -2.37. The summed E-state index contributed by atoms with van der Waals surface area (Å²) in [5.74, 6) is 22.0. The molecule has 0 aromatic heterocycles. The summed E-state index contributed by atoms with van der Waals surface area (Å²) >= 11 is 0. The fourth-order valence-electron chi connectivity index (χ4n) is 15.8. The average molecular weight is 1250 g/mol. The quantitative estimate of drug-likeness (QED) is 0.0604. The molecule has 0 saturated heterocycles. The molecule has 0 radical (unpaired) electrons. The van der Waals surface area contributed by atoms with Gasteiger partial charge in [0, 0.05) is 17.8 Å². The second-order valence-corrected chi connectivity index (χ2v) is 28.1. The molecule has 6 fully saturated rings. The Morgan fingerprint density at radius 3 is 0.833 bits per heavy atom. The number of benzene rings is 3. The summed E-state index contributed by atoms with van der Waals surface area (Å²) < 4.78 is 102. The van der Waals surface area contributed by atoms with E-state index in [4.69, 9.17) is 14.2 Å². The molecule has 90 heavy (non-hydrogen) atoms. The Balaban J connectivity index is 0.000000192. The molecule has 6 aliphatic rings. The molecule has 0 unspecified atom stereocenters. The minimum absolute atomic E-state index is 0.0126. The number of unbranched alkanes of at least 4 members (excludes halogenated alkanes) is 4. The van der Waals surface area contributed by atoms with Gasteiger partial charge in [-0.25, -0.2) is 13.2 Å². The van der Waals surface area contributed by atoms with Crippen LogP contribution in [0.3, 0.4) is 0 Å². The van der Waals surface area contributed by atoms with Crippen LogP contribution >= 0.6 is 0 Å². The van der Waals surface area contributed by atoms with Crippen molar-refractivity contribution in [2.75, 3.05) is 19.8 Å². The third-order valence-electron chi connectivity index (χ3n) is 21.9. The first kappa shape index (κ1) is 72.7. The predicted molar refractivity (Wildman–Crippen MR) is 358 cm³/mol. The smallest absolute Gasteiger partial charge is 0.201 e. The Morgan fingerprint density at radius 1 is 0.300 bits per heavy atom. The zero-order valence-corrected chi connectivity index (χ0v) is 56.5. The number of ether oxygens (including phenoxy) is 3. The van der Waals surface area contributed by atoms with Crippen molar-refractivity contribution in [1.29, 1.82) is 0 Å². The van der Waals surface area contributed by atoms with Crippen molar-refractivity contribution in [3.05, 3.63) is 88.0 Å². The molecular weight excluding hydrogens is 1130 g/mol. The van der Waals surface area contributed by atoms with Gasteiger partial charge in [-0.3, -0.25) is 0 Å². The number of rotatable bonds is 21. The number of hydrogen-bond donors (Lipinski definition) is 0. The second-order valence-electron chi connectivity index (χ2n) is 28.1. The maximum Gasteiger partial charge on any atom is 0.201 e. The predicted octanol–water partition coefficient (Wildman–Crippen LogP) is 23.7. The van der Waals surface area contributed by atoms with Gasteiger partial charge in [-0.2, -0.15) is 13.2 Å². The lowest BCUT2D eigenvalue weighted by atomic mass is 9.69. The molecule has 3 nitrogen and oxygen atoms in total. The summed E-state index contributed by atoms with van der Waals surface area (Å²) in [6, 6.07) is 9.16. The maximum atomic E-state index is 14.4. The summed E-state index contributed by atoms with van der Waals surface area (Å²) in [6.45, 7) is 14.2. The van der Waals surface area contributed by atoms with E-state index in [0.29, 0.717) is 37.6 Å². The van der Waals surface area contributed by atoms with Crippen molar-refractivity contribution in [2.24, 2.45) is 71.0 Å². The van der Waals surface area contributed by atoms with Gasteiger partial charge in [0.2, 0.25) is 17.5 Å². The average Bonchev–Trinajstić information content (AvgIpc) is 1.69. The van der Waals surface area contributed by atoms with Crippen LogP contribution in [0.25, 0.3) is 0 Å². The van der Waals surface area contributed by atoms with Crippen LogP contribution < -0.4 is 14.2 Å². The van der Waals surface area contributed by atoms with Crippen LogP contribution in [0.15, 0.2) is 36.4 Å². The fraction of sp³-hybridized carbons (Fsp3) is 0.704. The van der Waals surface area contributed by atoms with Crippen molar-refractivity contribution in [1.82, 2.24) is 0 Å². The third-order valence-corrected chi connectivity index (χ3v) is 21.9. The Kier molecular flexibility index (Phi) is 32.1. The third kappa shape index (κ3) is 22.8. The normalized spacial score (nSPS) is 26.7. The van der Waals surface area contributed by atoms with Crippen LogP contribution in [0.1, 0.15) is 289 Å². The van der Waals surface area contributed by atoms with Gasteiger partial charge in [0.15, 0.2) is 34.7 Å². The largest absolute Gasteiger partial charge is 0.490 e. The van der Waals surface area contributed by atoms with Gasteiger partial charge >= 0.3 is 0 Å². The zero-order chi connectivity index (χ0) is 64.0. The molecule has 0 aliphatic heterocycles. The molecule has 3 aromatic carbocycles. The molecule has 6 saturated carbocycles. The van der Waals surface area contributed by atoms with Gasteiger partial charge in [0.25, 0.3) is 0 Å². The molecule has 0 atom stereocenters. The first-order chi connectivity index (χ1) is 43.9. The molecule has 6 aliphatic carbocycles. The highest BCUT2D eigenvalue weighted by Crippen LogP contribution is 2.45.